The molecule has 0 radical (unpaired) electrons. The Bertz CT molecular complexity index is 434. The van der Waals surface area contributed by atoms with Crippen LogP contribution in [0.25, 0.3) is 20.9 Å². The largest absolute Gasteiger partial charge is 0.414 e. The molecule has 7 nitrogen and oxygen atoms in total. The molecule has 0 aromatic rings. The third-order valence-corrected chi connectivity index (χ3v) is 8.91. The van der Waals surface area contributed by atoms with Crippen molar-refractivity contribution >= 4 is 8.32 Å². The molecule has 3 atom stereocenters. The summed E-state index contributed by atoms with van der Waals surface area (Å²) < 4.78 is 6.38. The molecule has 20 heavy (non-hydrogen) atoms. The first-order chi connectivity index (χ1) is 9.23. The first kappa shape index (κ1) is 16.9. The van der Waals surface area contributed by atoms with Crippen LogP contribution in [0.2, 0.25) is 18.1 Å². The second-order valence-electron chi connectivity index (χ2n) is 6.82. The van der Waals surface area contributed by atoms with Crippen LogP contribution in [0.1, 0.15) is 40.0 Å². The summed E-state index contributed by atoms with van der Waals surface area (Å²) in [7, 11) is -1.93. The Morgan fingerprint density at radius 1 is 1.10 bits per heavy atom. The van der Waals surface area contributed by atoms with Crippen molar-refractivity contribution in [3.05, 3.63) is 20.9 Å². The second-order valence-corrected chi connectivity index (χ2v) is 11.6. The van der Waals surface area contributed by atoms with Crippen molar-refractivity contribution in [1.29, 1.82) is 0 Å². The fourth-order valence-corrected chi connectivity index (χ4v) is 3.57. The molecular weight excluding hydrogens is 272 g/mol. The van der Waals surface area contributed by atoms with E-state index in [1.807, 2.05) is 0 Å². The summed E-state index contributed by atoms with van der Waals surface area (Å²) in [6.45, 7) is 10.9. The van der Waals surface area contributed by atoms with Gasteiger partial charge in [0, 0.05) is 15.9 Å². The molecule has 0 heterocycles. The molecule has 0 aliphatic heterocycles. The predicted octanol–water partition coefficient (Wildman–Crippen LogP) is 4.92. The number of nitrogens with zero attached hydrogens (tertiary/aromatic N) is 6. The van der Waals surface area contributed by atoms with E-state index < -0.39 is 14.4 Å². The van der Waals surface area contributed by atoms with Gasteiger partial charge in [0.1, 0.15) is 0 Å². The van der Waals surface area contributed by atoms with Gasteiger partial charge in [0.25, 0.3) is 0 Å². The molecule has 8 heteroatoms. The Labute approximate surface area is 121 Å². The first-order valence-corrected chi connectivity index (χ1v) is 9.90. The molecule has 0 spiro atoms. The lowest BCUT2D eigenvalue weighted by Gasteiger charge is -2.43. The van der Waals surface area contributed by atoms with Gasteiger partial charge < -0.3 is 4.43 Å². The van der Waals surface area contributed by atoms with E-state index in [2.05, 4.69) is 53.9 Å². The maximum Gasteiger partial charge on any atom is 0.192 e. The number of hydrogen-bond acceptors (Lipinski definition) is 3. The lowest BCUT2D eigenvalue weighted by atomic mass is 9.89. The summed E-state index contributed by atoms with van der Waals surface area (Å²) in [5.74, 6) is 0. The molecule has 0 amide bonds. The van der Waals surface area contributed by atoms with Crippen LogP contribution < -0.4 is 0 Å². The number of hydrogen-bond donors (Lipinski definition) is 0. The number of rotatable bonds is 4. The topological polar surface area (TPSA) is 107 Å². The summed E-state index contributed by atoms with van der Waals surface area (Å²) in [6, 6.07) is -0.682. The molecular formula is C12H24N6OSi. The van der Waals surface area contributed by atoms with E-state index in [1.54, 1.807) is 0 Å². The highest BCUT2D eigenvalue weighted by Gasteiger charge is 2.42. The number of azide groups is 2. The average Bonchev–Trinajstić information content (AvgIpc) is 2.32. The van der Waals surface area contributed by atoms with Crippen LogP contribution >= 0.6 is 0 Å². The van der Waals surface area contributed by atoms with Crippen molar-refractivity contribution in [2.75, 3.05) is 0 Å². The van der Waals surface area contributed by atoms with E-state index in [1.165, 1.54) is 0 Å². The Morgan fingerprint density at radius 2 is 1.70 bits per heavy atom. The van der Waals surface area contributed by atoms with E-state index in [0.717, 1.165) is 19.3 Å². The maximum absolute atomic E-state index is 8.76. The fraction of sp³-hybridized carbons (Fsp3) is 1.00. The third kappa shape index (κ3) is 3.90. The lowest BCUT2D eigenvalue weighted by molar-refractivity contribution is 0.106. The molecule has 1 rings (SSSR count). The average molecular weight is 296 g/mol. The smallest absolute Gasteiger partial charge is 0.192 e. The van der Waals surface area contributed by atoms with E-state index in [-0.39, 0.29) is 17.2 Å². The zero-order valence-electron chi connectivity index (χ0n) is 12.9. The first-order valence-electron chi connectivity index (χ1n) is 6.99. The molecule has 0 bridgehead atoms. The van der Waals surface area contributed by atoms with Gasteiger partial charge in [0.15, 0.2) is 8.32 Å². The van der Waals surface area contributed by atoms with Crippen molar-refractivity contribution in [3.8, 4) is 0 Å². The van der Waals surface area contributed by atoms with E-state index in [0.29, 0.717) is 0 Å². The van der Waals surface area contributed by atoms with Gasteiger partial charge in [-0.1, -0.05) is 37.4 Å². The lowest BCUT2D eigenvalue weighted by Crippen LogP contribution is -2.50. The third-order valence-electron chi connectivity index (χ3n) is 4.40. The molecule has 1 aliphatic rings. The van der Waals surface area contributed by atoms with Gasteiger partial charge in [-0.3, -0.25) is 0 Å². The molecule has 1 aliphatic carbocycles. The molecule has 112 valence electrons. The van der Waals surface area contributed by atoms with Gasteiger partial charge in [-0.2, -0.15) is 0 Å². The van der Waals surface area contributed by atoms with Gasteiger partial charge in [0.2, 0.25) is 0 Å². The fourth-order valence-electron chi connectivity index (χ4n) is 2.20. The summed E-state index contributed by atoms with van der Waals surface area (Å²) >= 11 is 0. The van der Waals surface area contributed by atoms with Crippen molar-refractivity contribution < 1.29 is 4.43 Å². The van der Waals surface area contributed by atoms with Crippen LogP contribution in [0.3, 0.4) is 0 Å². The maximum atomic E-state index is 8.76. The Balaban J connectivity index is 2.96. The molecule has 0 N–H and O–H groups in total. The van der Waals surface area contributed by atoms with Crippen LogP contribution in [0.4, 0.5) is 0 Å². The van der Waals surface area contributed by atoms with Crippen molar-refractivity contribution in [3.63, 3.8) is 0 Å². The van der Waals surface area contributed by atoms with Crippen molar-refractivity contribution in [2.45, 2.75) is 76.4 Å². The monoisotopic (exact) mass is 296 g/mol. The molecule has 0 saturated heterocycles. The molecule has 1 fully saturated rings. The van der Waals surface area contributed by atoms with Crippen LogP contribution in [0.15, 0.2) is 10.2 Å². The standard InChI is InChI=1S/C12H24N6OSi/c1-12(2,3)20(4,5)19-10-8-6-7-9(15-17-13)11(10)16-18-14/h9-11H,6-8H2,1-5H3/t9-,10+,11-/m1/s1. The van der Waals surface area contributed by atoms with Crippen molar-refractivity contribution in [2.24, 2.45) is 10.2 Å². The molecule has 0 aromatic carbocycles. The van der Waals surface area contributed by atoms with Crippen LogP contribution in [-0.2, 0) is 4.43 Å². The SMILES string of the molecule is CC(C)(C)[Si](C)(C)O[C@H]1CCC[C@@H](N=[N+]=[N-])[C@H]1N=[N+]=[N-]. The normalized spacial score (nSPS) is 27.4. The van der Waals surface area contributed by atoms with E-state index in [4.69, 9.17) is 15.5 Å². The zero-order chi connectivity index (χ0) is 15.4. The Kier molecular flexibility index (Phi) is 5.47. The summed E-state index contributed by atoms with van der Waals surface area (Å²) in [5.41, 5.74) is 17.4. The predicted molar refractivity (Wildman–Crippen MR) is 81.8 cm³/mol. The highest BCUT2D eigenvalue weighted by molar-refractivity contribution is 6.74. The van der Waals surface area contributed by atoms with Gasteiger partial charge in [-0.05, 0) is 42.0 Å². The summed E-state index contributed by atoms with van der Waals surface area (Å²) in [5, 5.41) is 7.72. The Morgan fingerprint density at radius 3 is 2.20 bits per heavy atom. The van der Waals surface area contributed by atoms with Crippen LogP contribution in [0.5, 0.6) is 0 Å². The summed E-state index contributed by atoms with van der Waals surface area (Å²) in [4.78, 5) is 5.78. The van der Waals surface area contributed by atoms with Gasteiger partial charge in [-0.25, -0.2) is 0 Å². The van der Waals surface area contributed by atoms with E-state index in [9.17, 15) is 0 Å². The summed E-state index contributed by atoms with van der Waals surface area (Å²) in [6.07, 6.45) is 2.40. The highest BCUT2D eigenvalue weighted by atomic mass is 28.4. The van der Waals surface area contributed by atoms with Crippen LogP contribution in [-0.4, -0.2) is 26.5 Å². The second kappa shape index (κ2) is 6.50. The Hall–Kier alpha value is -1.20. The van der Waals surface area contributed by atoms with Crippen molar-refractivity contribution in [1.82, 2.24) is 0 Å². The van der Waals surface area contributed by atoms with Gasteiger partial charge in [0.05, 0.1) is 12.1 Å². The quantitative estimate of drug-likeness (QED) is 0.312. The van der Waals surface area contributed by atoms with Crippen LogP contribution in [0, 0.1) is 0 Å². The minimum Gasteiger partial charge on any atom is -0.414 e. The molecule has 0 unspecified atom stereocenters. The van der Waals surface area contributed by atoms with Gasteiger partial charge >= 0.3 is 0 Å². The van der Waals surface area contributed by atoms with Gasteiger partial charge in [-0.15, -0.1) is 0 Å². The molecule has 0 aromatic heterocycles. The minimum absolute atomic E-state index is 0.0966. The highest BCUT2D eigenvalue weighted by Crippen LogP contribution is 2.40. The van der Waals surface area contributed by atoms with E-state index >= 15 is 0 Å². The minimum atomic E-state index is -1.93. The molecule has 1 saturated carbocycles. The zero-order valence-corrected chi connectivity index (χ0v) is 13.9.